The molecule has 5 heteroatoms. The van der Waals surface area contributed by atoms with Crippen LogP contribution in [0.15, 0.2) is 131 Å². The molecule has 3 heterocycles. The maximum Gasteiger partial charge on any atom is 0.207 e. The number of rotatable bonds is 14. The Morgan fingerprint density at radius 1 is 0.456 bits per heavy atom. The zero-order chi connectivity index (χ0) is 39.3. The molecule has 1 aliphatic rings. The molecule has 0 aliphatic carbocycles. The van der Waals surface area contributed by atoms with Gasteiger partial charge in [-0.2, -0.15) is 0 Å². The molecule has 0 bridgehead atoms. The standard InChI is InChI=1S/C52H54N2O2S/c1-5-9-15-35(7-3)33-53-47-19-13-11-17-41(47)45-29-37(23-27-49(45)53)39-21-25-43-44-26-22-40(32-52(44)57(55,56)51(43)31-39)38-24-28-50-46(30-38)42-18-12-14-20-48(42)54(50)34-36(8-4)16-10-6-2/h11-14,17-32,35-36H,5-10,15-16,33-34H2,1-4H3. The highest BCUT2D eigenvalue weighted by Crippen LogP contribution is 2.47. The van der Waals surface area contributed by atoms with E-state index in [2.05, 4.69) is 134 Å². The minimum absolute atomic E-state index is 0.392. The molecule has 0 radical (unpaired) electrons. The maximum absolute atomic E-state index is 14.4. The summed E-state index contributed by atoms with van der Waals surface area (Å²) in [5.41, 5.74) is 10.5. The summed E-state index contributed by atoms with van der Waals surface area (Å²) in [7, 11) is -3.73. The third kappa shape index (κ3) is 6.49. The predicted molar refractivity (Wildman–Crippen MR) is 241 cm³/mol. The Bertz CT molecular complexity index is 2700. The highest BCUT2D eigenvalue weighted by Gasteiger charge is 2.34. The molecule has 8 aromatic rings. The van der Waals surface area contributed by atoms with Crippen LogP contribution < -0.4 is 0 Å². The fourth-order valence-electron chi connectivity index (χ4n) is 9.62. The van der Waals surface area contributed by atoms with Gasteiger partial charge in [-0.05, 0) is 95.5 Å². The van der Waals surface area contributed by atoms with Crippen LogP contribution in [-0.4, -0.2) is 17.6 Å². The monoisotopic (exact) mass is 770 g/mol. The predicted octanol–water partition coefficient (Wildman–Crippen LogP) is 14.5. The van der Waals surface area contributed by atoms with Crippen molar-refractivity contribution in [1.29, 1.82) is 0 Å². The van der Waals surface area contributed by atoms with Crippen molar-refractivity contribution in [2.45, 2.75) is 102 Å². The van der Waals surface area contributed by atoms with Crippen molar-refractivity contribution in [3.63, 3.8) is 0 Å². The molecule has 2 atom stereocenters. The number of benzene rings is 6. The van der Waals surface area contributed by atoms with Gasteiger partial charge in [0.2, 0.25) is 9.84 Å². The molecular weight excluding hydrogens is 717 g/mol. The van der Waals surface area contributed by atoms with Crippen molar-refractivity contribution in [2.24, 2.45) is 11.8 Å². The average molecular weight is 771 g/mol. The van der Waals surface area contributed by atoms with Gasteiger partial charge in [-0.3, -0.25) is 0 Å². The Morgan fingerprint density at radius 3 is 1.26 bits per heavy atom. The highest BCUT2D eigenvalue weighted by atomic mass is 32.2. The van der Waals surface area contributed by atoms with Gasteiger partial charge in [0, 0.05) is 67.8 Å². The van der Waals surface area contributed by atoms with Gasteiger partial charge in [-0.25, -0.2) is 8.42 Å². The summed E-state index contributed by atoms with van der Waals surface area (Å²) in [6.45, 7) is 11.2. The average Bonchev–Trinajstić information content (AvgIpc) is 3.82. The Labute approximate surface area is 338 Å². The number of para-hydroxylation sites is 2. The second-order valence-corrected chi connectivity index (χ2v) is 18.4. The Balaban J connectivity index is 1.06. The minimum Gasteiger partial charge on any atom is -0.340 e. The van der Waals surface area contributed by atoms with E-state index in [0.29, 0.717) is 21.6 Å². The molecule has 290 valence electrons. The fraction of sp³-hybridized carbons (Fsp3) is 0.308. The first-order valence-electron chi connectivity index (χ1n) is 21.4. The lowest BCUT2D eigenvalue weighted by Gasteiger charge is -2.17. The lowest BCUT2D eigenvalue weighted by molar-refractivity contribution is 0.401. The molecule has 2 unspecified atom stereocenters. The van der Waals surface area contributed by atoms with Crippen LogP contribution in [0.1, 0.15) is 79.1 Å². The molecule has 0 amide bonds. The summed E-state index contributed by atoms with van der Waals surface area (Å²) in [5.74, 6) is 1.27. The van der Waals surface area contributed by atoms with Crippen molar-refractivity contribution in [2.75, 3.05) is 0 Å². The lowest BCUT2D eigenvalue weighted by atomic mass is 9.97. The Hall–Kier alpha value is -5.13. The molecule has 2 aromatic heterocycles. The van der Waals surface area contributed by atoms with E-state index in [1.54, 1.807) is 0 Å². The van der Waals surface area contributed by atoms with Crippen molar-refractivity contribution in [1.82, 2.24) is 9.13 Å². The number of hydrogen-bond acceptors (Lipinski definition) is 2. The zero-order valence-corrected chi connectivity index (χ0v) is 34.7. The van der Waals surface area contributed by atoms with Crippen LogP contribution >= 0.6 is 0 Å². The largest absolute Gasteiger partial charge is 0.340 e. The van der Waals surface area contributed by atoms with Gasteiger partial charge < -0.3 is 9.13 Å². The van der Waals surface area contributed by atoms with Gasteiger partial charge >= 0.3 is 0 Å². The van der Waals surface area contributed by atoms with Crippen LogP contribution in [0, 0.1) is 11.8 Å². The van der Waals surface area contributed by atoms with Crippen LogP contribution in [0.2, 0.25) is 0 Å². The summed E-state index contributed by atoms with van der Waals surface area (Å²) in [4.78, 5) is 0.784. The molecule has 0 fully saturated rings. The van der Waals surface area contributed by atoms with Crippen molar-refractivity contribution in [3.8, 4) is 33.4 Å². The summed E-state index contributed by atoms with van der Waals surface area (Å²) in [6.07, 6.45) is 9.77. The summed E-state index contributed by atoms with van der Waals surface area (Å²) in [6, 6.07) is 42.7. The summed E-state index contributed by atoms with van der Waals surface area (Å²) >= 11 is 0. The van der Waals surface area contributed by atoms with Crippen LogP contribution in [0.4, 0.5) is 0 Å². The summed E-state index contributed by atoms with van der Waals surface area (Å²) < 4.78 is 33.9. The van der Waals surface area contributed by atoms with Crippen molar-refractivity contribution in [3.05, 3.63) is 121 Å². The number of hydrogen-bond donors (Lipinski definition) is 0. The Morgan fingerprint density at radius 2 is 0.842 bits per heavy atom. The third-order valence-electron chi connectivity index (χ3n) is 13.0. The molecule has 0 N–H and O–H groups in total. The maximum atomic E-state index is 14.4. The highest BCUT2D eigenvalue weighted by molar-refractivity contribution is 7.92. The fourth-order valence-corrected chi connectivity index (χ4v) is 11.4. The molecule has 4 nitrogen and oxygen atoms in total. The van der Waals surface area contributed by atoms with E-state index in [-0.39, 0.29) is 0 Å². The second-order valence-electron chi connectivity index (χ2n) is 16.5. The molecule has 0 saturated heterocycles. The molecule has 9 rings (SSSR count). The van der Waals surface area contributed by atoms with Crippen LogP contribution in [0.5, 0.6) is 0 Å². The first-order valence-corrected chi connectivity index (χ1v) is 22.9. The van der Waals surface area contributed by atoms with Crippen molar-refractivity contribution >= 4 is 53.4 Å². The van der Waals surface area contributed by atoms with Gasteiger partial charge in [0.1, 0.15) is 0 Å². The van der Waals surface area contributed by atoms with E-state index in [4.69, 9.17) is 0 Å². The third-order valence-corrected chi connectivity index (χ3v) is 14.8. The number of sulfone groups is 1. The molecule has 0 spiro atoms. The second kappa shape index (κ2) is 15.3. The van der Waals surface area contributed by atoms with Gasteiger partial charge in [0.05, 0.1) is 9.79 Å². The van der Waals surface area contributed by atoms with E-state index in [1.165, 1.54) is 95.0 Å². The molecule has 57 heavy (non-hydrogen) atoms. The molecular formula is C52H54N2O2S. The molecule has 1 aliphatic heterocycles. The van der Waals surface area contributed by atoms with Crippen LogP contribution in [0.3, 0.4) is 0 Å². The Kier molecular flexibility index (Phi) is 10.1. The number of nitrogens with zero attached hydrogens (tertiary/aromatic N) is 2. The number of fused-ring (bicyclic) bond motifs is 9. The lowest BCUT2D eigenvalue weighted by Crippen LogP contribution is -2.10. The smallest absolute Gasteiger partial charge is 0.207 e. The van der Waals surface area contributed by atoms with E-state index >= 15 is 0 Å². The van der Waals surface area contributed by atoms with E-state index in [9.17, 15) is 8.42 Å². The van der Waals surface area contributed by atoms with Gasteiger partial charge in [0.25, 0.3) is 0 Å². The van der Waals surface area contributed by atoms with Crippen molar-refractivity contribution < 1.29 is 8.42 Å². The quantitative estimate of drug-likeness (QED) is 0.111. The first-order chi connectivity index (χ1) is 27.8. The molecule has 6 aromatic carbocycles. The van der Waals surface area contributed by atoms with E-state index in [1.807, 2.05) is 24.3 Å². The first kappa shape index (κ1) is 37.4. The minimum atomic E-state index is -3.73. The normalized spacial score (nSPS) is 14.5. The van der Waals surface area contributed by atoms with Gasteiger partial charge in [-0.1, -0.05) is 139 Å². The summed E-state index contributed by atoms with van der Waals surface area (Å²) in [5, 5.41) is 4.92. The number of unbranched alkanes of at least 4 members (excludes halogenated alkanes) is 2. The van der Waals surface area contributed by atoms with Gasteiger partial charge in [-0.15, -0.1) is 0 Å². The molecule has 0 saturated carbocycles. The topological polar surface area (TPSA) is 44.0 Å². The number of aromatic nitrogens is 2. The van der Waals surface area contributed by atoms with E-state index in [0.717, 1.165) is 46.5 Å². The van der Waals surface area contributed by atoms with Crippen LogP contribution in [-0.2, 0) is 22.9 Å². The van der Waals surface area contributed by atoms with E-state index < -0.39 is 9.84 Å². The van der Waals surface area contributed by atoms with Gasteiger partial charge in [0.15, 0.2) is 0 Å². The van der Waals surface area contributed by atoms with Crippen LogP contribution in [0.25, 0.3) is 77.0 Å². The SMILES string of the molecule is CCCCC(CC)Cn1c2ccccc2c2cc(-c3ccc4c(c3)S(=O)(=O)c3cc(-c5ccc6c(c5)c5ccccc5n6CC(CC)CCCC)ccc3-4)ccc21. The zero-order valence-electron chi connectivity index (χ0n) is 33.9.